The van der Waals surface area contributed by atoms with Crippen molar-refractivity contribution in [2.24, 2.45) is 7.05 Å². The zero-order valence-corrected chi connectivity index (χ0v) is 10.00. The minimum Gasteiger partial charge on any atom is -0.508 e. The number of hydrogen-bond donors (Lipinski definition) is 2. The van der Waals surface area contributed by atoms with Crippen LogP contribution in [0.1, 0.15) is 16.1 Å². The number of nitrogens with zero attached hydrogens (tertiary/aromatic N) is 3. The number of rotatable bonds is 4. The average Bonchev–Trinajstić information content (AvgIpc) is 2.78. The van der Waals surface area contributed by atoms with Crippen molar-refractivity contribution >= 4 is 5.91 Å². The third-order valence-corrected chi connectivity index (χ3v) is 2.47. The molecule has 2 aromatic rings. The fourth-order valence-electron chi connectivity index (χ4n) is 1.52. The number of phenolic OH excluding ortho intramolecular Hbond substituents is 1. The number of aromatic hydroxyl groups is 1. The van der Waals surface area contributed by atoms with E-state index in [1.54, 1.807) is 25.4 Å². The van der Waals surface area contributed by atoms with Crippen LogP contribution < -0.4 is 5.32 Å². The van der Waals surface area contributed by atoms with Gasteiger partial charge in [-0.3, -0.25) is 9.48 Å². The molecule has 94 valence electrons. The van der Waals surface area contributed by atoms with Crippen LogP contribution in [-0.4, -0.2) is 32.6 Å². The van der Waals surface area contributed by atoms with E-state index >= 15 is 0 Å². The summed E-state index contributed by atoms with van der Waals surface area (Å²) in [6, 6.07) is 6.90. The van der Waals surface area contributed by atoms with Crippen molar-refractivity contribution in [1.82, 2.24) is 20.3 Å². The van der Waals surface area contributed by atoms with E-state index in [9.17, 15) is 4.79 Å². The van der Waals surface area contributed by atoms with Gasteiger partial charge in [0.15, 0.2) is 5.69 Å². The summed E-state index contributed by atoms with van der Waals surface area (Å²) in [5.41, 5.74) is 1.36. The lowest BCUT2D eigenvalue weighted by Gasteiger charge is -2.03. The Labute approximate surface area is 104 Å². The van der Waals surface area contributed by atoms with Crippen molar-refractivity contribution < 1.29 is 9.90 Å². The van der Waals surface area contributed by atoms with Gasteiger partial charge in [-0.15, -0.1) is 5.10 Å². The first-order valence-corrected chi connectivity index (χ1v) is 5.57. The summed E-state index contributed by atoms with van der Waals surface area (Å²) in [6.07, 6.45) is 2.27. The lowest BCUT2D eigenvalue weighted by Crippen LogP contribution is -2.26. The van der Waals surface area contributed by atoms with E-state index in [4.69, 9.17) is 5.11 Å². The predicted molar refractivity (Wildman–Crippen MR) is 65.1 cm³/mol. The Morgan fingerprint density at radius 2 is 2.11 bits per heavy atom. The molecule has 2 rings (SSSR count). The smallest absolute Gasteiger partial charge is 0.273 e. The second-order valence-electron chi connectivity index (χ2n) is 3.95. The van der Waals surface area contributed by atoms with E-state index < -0.39 is 0 Å². The van der Waals surface area contributed by atoms with Crippen molar-refractivity contribution in [1.29, 1.82) is 0 Å². The molecular formula is C12H14N4O2. The maximum absolute atomic E-state index is 11.6. The SMILES string of the molecule is Cn1cc(C(=O)NCCc2ccc(O)cc2)nn1. The van der Waals surface area contributed by atoms with Gasteiger partial charge in [0.1, 0.15) is 5.75 Å². The molecule has 0 atom stereocenters. The molecule has 0 bridgehead atoms. The standard InChI is InChI=1S/C12H14N4O2/c1-16-8-11(14-15-16)12(18)13-7-6-9-2-4-10(17)5-3-9/h2-5,8,17H,6-7H2,1H3,(H,13,18). The molecule has 0 aliphatic heterocycles. The molecule has 1 aromatic heterocycles. The maximum atomic E-state index is 11.6. The van der Waals surface area contributed by atoms with Crippen LogP contribution in [0.2, 0.25) is 0 Å². The summed E-state index contributed by atoms with van der Waals surface area (Å²) in [6.45, 7) is 0.514. The third kappa shape index (κ3) is 3.07. The number of aromatic nitrogens is 3. The van der Waals surface area contributed by atoms with Crippen molar-refractivity contribution in [3.8, 4) is 5.75 Å². The molecular weight excluding hydrogens is 232 g/mol. The lowest BCUT2D eigenvalue weighted by molar-refractivity contribution is 0.0949. The Kier molecular flexibility index (Phi) is 3.57. The molecule has 1 amide bonds. The van der Waals surface area contributed by atoms with Gasteiger partial charge in [-0.2, -0.15) is 0 Å². The fraction of sp³-hybridized carbons (Fsp3) is 0.250. The predicted octanol–water partition coefficient (Wildman–Crippen LogP) is 0.493. The van der Waals surface area contributed by atoms with Crippen LogP contribution in [-0.2, 0) is 13.5 Å². The number of hydrogen-bond acceptors (Lipinski definition) is 4. The van der Waals surface area contributed by atoms with Crippen LogP contribution in [0.25, 0.3) is 0 Å². The van der Waals surface area contributed by atoms with E-state index in [1.807, 2.05) is 12.1 Å². The Bertz CT molecular complexity index is 533. The maximum Gasteiger partial charge on any atom is 0.273 e. The number of nitrogens with one attached hydrogen (secondary N) is 1. The zero-order chi connectivity index (χ0) is 13.0. The van der Waals surface area contributed by atoms with E-state index in [-0.39, 0.29) is 11.7 Å². The van der Waals surface area contributed by atoms with Crippen LogP contribution in [0.3, 0.4) is 0 Å². The van der Waals surface area contributed by atoms with Gasteiger partial charge in [0, 0.05) is 13.6 Å². The number of carbonyl (C=O) groups excluding carboxylic acids is 1. The van der Waals surface area contributed by atoms with Gasteiger partial charge in [-0.1, -0.05) is 17.3 Å². The van der Waals surface area contributed by atoms with Crippen molar-refractivity contribution in [2.75, 3.05) is 6.54 Å². The molecule has 1 aromatic carbocycles. The third-order valence-electron chi connectivity index (χ3n) is 2.47. The van der Waals surface area contributed by atoms with Crippen molar-refractivity contribution in [3.05, 3.63) is 41.7 Å². The number of carbonyl (C=O) groups is 1. The van der Waals surface area contributed by atoms with Gasteiger partial charge in [0.2, 0.25) is 0 Å². The summed E-state index contributed by atoms with van der Waals surface area (Å²) in [5.74, 6) is 0.00391. The summed E-state index contributed by atoms with van der Waals surface area (Å²) < 4.78 is 1.48. The molecule has 18 heavy (non-hydrogen) atoms. The molecule has 1 heterocycles. The monoisotopic (exact) mass is 246 g/mol. The van der Waals surface area contributed by atoms with Crippen molar-refractivity contribution in [3.63, 3.8) is 0 Å². The Morgan fingerprint density at radius 3 is 2.72 bits per heavy atom. The van der Waals surface area contributed by atoms with E-state index in [2.05, 4.69) is 15.6 Å². The Balaban J connectivity index is 1.82. The van der Waals surface area contributed by atoms with Gasteiger partial charge >= 0.3 is 0 Å². The number of amides is 1. The summed E-state index contributed by atoms with van der Waals surface area (Å²) in [4.78, 5) is 11.6. The normalized spacial score (nSPS) is 10.3. The molecule has 0 aliphatic carbocycles. The highest BCUT2D eigenvalue weighted by molar-refractivity contribution is 5.91. The second kappa shape index (κ2) is 5.31. The number of aryl methyl sites for hydroxylation is 1. The first kappa shape index (κ1) is 12.1. The zero-order valence-electron chi connectivity index (χ0n) is 10.00. The molecule has 0 spiro atoms. The molecule has 2 N–H and O–H groups in total. The average molecular weight is 246 g/mol. The van der Waals surface area contributed by atoms with E-state index in [0.29, 0.717) is 18.7 Å². The lowest BCUT2D eigenvalue weighted by atomic mass is 10.1. The molecule has 0 fully saturated rings. The van der Waals surface area contributed by atoms with Crippen LogP contribution in [0.15, 0.2) is 30.5 Å². The highest BCUT2D eigenvalue weighted by Gasteiger charge is 2.08. The van der Waals surface area contributed by atoms with Gasteiger partial charge in [-0.25, -0.2) is 0 Å². The molecule has 6 nitrogen and oxygen atoms in total. The quantitative estimate of drug-likeness (QED) is 0.823. The number of benzene rings is 1. The van der Waals surface area contributed by atoms with Gasteiger partial charge < -0.3 is 10.4 Å². The van der Waals surface area contributed by atoms with Crippen LogP contribution in [0.5, 0.6) is 5.75 Å². The molecule has 0 radical (unpaired) electrons. The Morgan fingerprint density at radius 1 is 1.39 bits per heavy atom. The van der Waals surface area contributed by atoms with Gasteiger partial charge in [-0.05, 0) is 24.1 Å². The summed E-state index contributed by atoms with van der Waals surface area (Å²) in [5, 5.41) is 19.3. The summed E-state index contributed by atoms with van der Waals surface area (Å²) >= 11 is 0. The fourth-order valence-corrected chi connectivity index (χ4v) is 1.52. The second-order valence-corrected chi connectivity index (χ2v) is 3.95. The summed E-state index contributed by atoms with van der Waals surface area (Å²) in [7, 11) is 1.71. The van der Waals surface area contributed by atoms with Crippen LogP contribution in [0.4, 0.5) is 0 Å². The van der Waals surface area contributed by atoms with Crippen LogP contribution >= 0.6 is 0 Å². The first-order valence-electron chi connectivity index (χ1n) is 5.57. The molecule has 0 aliphatic rings. The van der Waals surface area contributed by atoms with Gasteiger partial charge in [0.05, 0.1) is 6.20 Å². The highest BCUT2D eigenvalue weighted by atomic mass is 16.3. The van der Waals surface area contributed by atoms with Crippen LogP contribution in [0, 0.1) is 0 Å². The van der Waals surface area contributed by atoms with E-state index in [1.165, 1.54) is 4.68 Å². The minimum absolute atomic E-state index is 0.234. The van der Waals surface area contributed by atoms with Gasteiger partial charge in [0.25, 0.3) is 5.91 Å². The topological polar surface area (TPSA) is 80.0 Å². The highest BCUT2D eigenvalue weighted by Crippen LogP contribution is 2.09. The molecule has 0 unspecified atom stereocenters. The molecule has 0 saturated carbocycles. The molecule has 6 heteroatoms. The Hall–Kier alpha value is -2.37. The van der Waals surface area contributed by atoms with E-state index in [0.717, 1.165) is 5.56 Å². The molecule has 0 saturated heterocycles. The van der Waals surface area contributed by atoms with Crippen molar-refractivity contribution in [2.45, 2.75) is 6.42 Å². The number of phenols is 1. The largest absolute Gasteiger partial charge is 0.508 e. The minimum atomic E-state index is -0.234. The first-order chi connectivity index (χ1) is 8.65.